The topological polar surface area (TPSA) is 77.3 Å². The second-order valence-corrected chi connectivity index (χ2v) is 7.27. The molecule has 0 aliphatic carbocycles. The zero-order valence-corrected chi connectivity index (χ0v) is 13.3. The number of rotatable bonds is 4. The van der Waals surface area contributed by atoms with Crippen molar-refractivity contribution in [3.63, 3.8) is 0 Å². The lowest BCUT2D eigenvalue weighted by atomic mass is 10.3. The number of aryl methyl sites for hydroxylation is 2. The Morgan fingerprint density at radius 2 is 2.23 bits per heavy atom. The first kappa shape index (κ1) is 15.0. The number of hydrogen-bond acceptors (Lipinski definition) is 5. The number of nitrogens with zero attached hydrogens (tertiary/aromatic N) is 4. The molecule has 0 spiro atoms. The standard InChI is InChI=1S/C14H18N4O3S/c1-11-14(4-3-6-15-11)21-12-5-7-18(9-12)22(19,20)13-8-16-17(2)10-13/h3-4,6,8,10,12H,5,7,9H2,1-2H3/t12-/m0/s1. The highest BCUT2D eigenvalue weighted by molar-refractivity contribution is 7.89. The number of hydrogen-bond donors (Lipinski definition) is 0. The van der Waals surface area contributed by atoms with Crippen molar-refractivity contribution in [3.05, 3.63) is 36.4 Å². The fourth-order valence-corrected chi connectivity index (χ4v) is 3.94. The van der Waals surface area contributed by atoms with E-state index in [0.29, 0.717) is 25.3 Å². The summed E-state index contributed by atoms with van der Waals surface area (Å²) in [6.07, 6.45) is 5.09. The highest BCUT2D eigenvalue weighted by Crippen LogP contribution is 2.24. The van der Waals surface area contributed by atoms with Crippen LogP contribution >= 0.6 is 0 Å². The molecule has 0 N–H and O–H groups in total. The van der Waals surface area contributed by atoms with Crippen LogP contribution < -0.4 is 4.74 Å². The molecule has 0 bridgehead atoms. The summed E-state index contributed by atoms with van der Waals surface area (Å²) in [7, 11) is -1.80. The zero-order chi connectivity index (χ0) is 15.7. The van der Waals surface area contributed by atoms with Crippen molar-refractivity contribution in [1.82, 2.24) is 19.1 Å². The van der Waals surface area contributed by atoms with Crippen molar-refractivity contribution < 1.29 is 13.2 Å². The molecule has 0 aromatic carbocycles. The van der Waals surface area contributed by atoms with Crippen molar-refractivity contribution >= 4 is 10.0 Å². The summed E-state index contributed by atoms with van der Waals surface area (Å²) in [5, 5.41) is 3.92. The Bertz CT molecular complexity index is 772. The minimum atomic E-state index is -3.50. The van der Waals surface area contributed by atoms with Crippen LogP contribution in [-0.2, 0) is 17.1 Å². The number of ether oxygens (including phenoxy) is 1. The van der Waals surface area contributed by atoms with E-state index in [9.17, 15) is 8.42 Å². The lowest BCUT2D eigenvalue weighted by Crippen LogP contribution is -2.31. The molecule has 0 radical (unpaired) electrons. The minimum Gasteiger partial charge on any atom is -0.487 e. The van der Waals surface area contributed by atoms with Crippen molar-refractivity contribution in [1.29, 1.82) is 0 Å². The summed E-state index contributed by atoms with van der Waals surface area (Å²) in [6.45, 7) is 2.65. The van der Waals surface area contributed by atoms with Gasteiger partial charge >= 0.3 is 0 Å². The summed E-state index contributed by atoms with van der Waals surface area (Å²) in [6, 6.07) is 3.65. The lowest BCUT2D eigenvalue weighted by molar-refractivity contribution is 0.213. The van der Waals surface area contributed by atoms with Crippen molar-refractivity contribution in [2.24, 2.45) is 7.05 Å². The third-order valence-corrected chi connectivity index (χ3v) is 5.50. The van der Waals surface area contributed by atoms with Crippen molar-refractivity contribution in [2.75, 3.05) is 13.1 Å². The molecule has 118 valence electrons. The maximum Gasteiger partial charge on any atom is 0.246 e. The average Bonchev–Trinajstić information content (AvgIpc) is 3.11. The molecule has 7 nitrogen and oxygen atoms in total. The van der Waals surface area contributed by atoms with Gasteiger partial charge in [0.05, 0.1) is 18.4 Å². The van der Waals surface area contributed by atoms with Crippen LogP contribution in [-0.4, -0.2) is 46.7 Å². The molecular formula is C14H18N4O3S. The Balaban J connectivity index is 1.71. The Hall–Kier alpha value is -1.93. The number of aromatic nitrogens is 3. The maximum atomic E-state index is 12.5. The van der Waals surface area contributed by atoms with Crippen LogP contribution in [0.4, 0.5) is 0 Å². The molecule has 2 aromatic rings. The van der Waals surface area contributed by atoms with E-state index in [1.807, 2.05) is 13.0 Å². The van der Waals surface area contributed by atoms with Gasteiger partial charge < -0.3 is 4.74 Å². The largest absolute Gasteiger partial charge is 0.487 e. The predicted molar refractivity (Wildman–Crippen MR) is 80.0 cm³/mol. The minimum absolute atomic E-state index is 0.158. The van der Waals surface area contributed by atoms with Crippen LogP contribution in [0.2, 0.25) is 0 Å². The SMILES string of the molecule is Cc1ncccc1O[C@H]1CCN(S(=O)(=O)c2cnn(C)c2)C1. The van der Waals surface area contributed by atoms with Crippen LogP contribution in [0.5, 0.6) is 5.75 Å². The molecular weight excluding hydrogens is 304 g/mol. The molecule has 1 fully saturated rings. The normalized spacial score (nSPS) is 19.5. The van der Waals surface area contributed by atoms with Gasteiger partial charge in [-0.25, -0.2) is 8.42 Å². The molecule has 0 saturated carbocycles. The fourth-order valence-electron chi connectivity index (χ4n) is 2.47. The lowest BCUT2D eigenvalue weighted by Gasteiger charge is -2.17. The Labute approximate surface area is 129 Å². The van der Waals surface area contributed by atoms with Gasteiger partial charge in [-0.1, -0.05) is 0 Å². The highest BCUT2D eigenvalue weighted by atomic mass is 32.2. The highest BCUT2D eigenvalue weighted by Gasteiger charge is 2.34. The van der Waals surface area contributed by atoms with E-state index >= 15 is 0 Å². The van der Waals surface area contributed by atoms with Crippen LogP contribution in [0.1, 0.15) is 12.1 Å². The quantitative estimate of drug-likeness (QED) is 0.838. The van der Waals surface area contributed by atoms with Crippen molar-refractivity contribution in [3.8, 4) is 5.75 Å². The van der Waals surface area contributed by atoms with E-state index in [2.05, 4.69) is 10.1 Å². The van der Waals surface area contributed by atoms with Gasteiger partial charge in [0.2, 0.25) is 10.0 Å². The second kappa shape index (κ2) is 5.69. The van der Waals surface area contributed by atoms with Gasteiger partial charge in [0.1, 0.15) is 16.7 Å². The van der Waals surface area contributed by atoms with E-state index in [4.69, 9.17) is 4.74 Å². The first-order valence-corrected chi connectivity index (χ1v) is 8.48. The van der Waals surface area contributed by atoms with E-state index in [1.165, 1.54) is 21.4 Å². The molecule has 1 atom stereocenters. The van der Waals surface area contributed by atoms with Gasteiger partial charge in [0.25, 0.3) is 0 Å². The molecule has 2 aromatic heterocycles. The summed E-state index contributed by atoms with van der Waals surface area (Å²) in [5.41, 5.74) is 0.802. The van der Waals surface area contributed by atoms with E-state index in [-0.39, 0.29) is 11.0 Å². The molecule has 0 amide bonds. The fraction of sp³-hybridized carbons (Fsp3) is 0.429. The van der Waals surface area contributed by atoms with Gasteiger partial charge in [0, 0.05) is 26.0 Å². The van der Waals surface area contributed by atoms with Crippen molar-refractivity contribution in [2.45, 2.75) is 24.3 Å². The van der Waals surface area contributed by atoms with Crippen LogP contribution in [0, 0.1) is 6.92 Å². The molecule has 1 saturated heterocycles. The van der Waals surface area contributed by atoms with Gasteiger partial charge in [0.15, 0.2) is 0 Å². The van der Waals surface area contributed by atoms with Gasteiger partial charge in [-0.2, -0.15) is 9.40 Å². The van der Waals surface area contributed by atoms with Gasteiger partial charge in [-0.05, 0) is 25.5 Å². The number of pyridine rings is 1. The summed E-state index contributed by atoms with van der Waals surface area (Å²) in [4.78, 5) is 4.39. The monoisotopic (exact) mass is 322 g/mol. The first-order chi connectivity index (χ1) is 10.5. The Morgan fingerprint density at radius 1 is 1.41 bits per heavy atom. The van der Waals surface area contributed by atoms with Crippen LogP contribution in [0.25, 0.3) is 0 Å². The third-order valence-electron chi connectivity index (χ3n) is 3.68. The summed E-state index contributed by atoms with van der Waals surface area (Å²) >= 11 is 0. The second-order valence-electron chi connectivity index (χ2n) is 5.33. The summed E-state index contributed by atoms with van der Waals surface area (Å²) < 4.78 is 33.8. The van der Waals surface area contributed by atoms with Gasteiger partial charge in [-0.15, -0.1) is 0 Å². The maximum absolute atomic E-state index is 12.5. The van der Waals surface area contributed by atoms with E-state index in [1.54, 1.807) is 19.3 Å². The first-order valence-electron chi connectivity index (χ1n) is 7.04. The summed E-state index contributed by atoms with van der Waals surface area (Å²) in [5.74, 6) is 0.702. The zero-order valence-electron chi connectivity index (χ0n) is 12.5. The Kier molecular flexibility index (Phi) is 3.88. The molecule has 22 heavy (non-hydrogen) atoms. The van der Waals surface area contributed by atoms with E-state index in [0.717, 1.165) is 5.69 Å². The molecule has 3 heterocycles. The smallest absolute Gasteiger partial charge is 0.246 e. The van der Waals surface area contributed by atoms with Crippen LogP contribution in [0.15, 0.2) is 35.6 Å². The average molecular weight is 322 g/mol. The third kappa shape index (κ3) is 2.84. The molecule has 0 unspecified atom stereocenters. The molecule has 3 rings (SSSR count). The van der Waals surface area contributed by atoms with E-state index < -0.39 is 10.0 Å². The molecule has 1 aliphatic rings. The van der Waals surface area contributed by atoms with Crippen LogP contribution in [0.3, 0.4) is 0 Å². The predicted octanol–water partition coefficient (Wildman–Crippen LogP) is 0.966. The molecule has 1 aliphatic heterocycles. The number of sulfonamides is 1. The Morgan fingerprint density at radius 3 is 2.91 bits per heavy atom. The van der Waals surface area contributed by atoms with Gasteiger partial charge in [-0.3, -0.25) is 9.67 Å². The molecule has 8 heteroatoms.